The highest BCUT2D eigenvalue weighted by Gasteiger charge is 2.31. The molecule has 1 aromatic rings. The highest BCUT2D eigenvalue weighted by atomic mass is 16.5. The number of hydrazine groups is 1. The number of hydrogen-bond donors (Lipinski definition) is 3. The summed E-state index contributed by atoms with van der Waals surface area (Å²) in [4.78, 5) is 13.6. The number of phenols is 1. The molecule has 0 bridgehead atoms. The van der Waals surface area contributed by atoms with Crippen molar-refractivity contribution in [1.82, 2.24) is 5.43 Å². The number of benzene rings is 1. The van der Waals surface area contributed by atoms with Crippen LogP contribution in [-0.2, 0) is 9.53 Å². The number of carbonyl (C=O) groups excluding carboxylic acids is 1. The monoisotopic (exact) mass is 293 g/mol. The van der Waals surface area contributed by atoms with E-state index in [0.717, 1.165) is 24.2 Å². The molecule has 6 heteroatoms. The summed E-state index contributed by atoms with van der Waals surface area (Å²) in [6.45, 7) is 5.56. The minimum absolute atomic E-state index is 0.00556. The molecule has 0 aromatic heterocycles. The number of nitrogens with two attached hydrogens (primary N) is 1. The molecule has 116 valence electrons. The number of aryl methyl sites for hydroxylation is 1. The Morgan fingerprint density at radius 2 is 2.29 bits per heavy atom. The topological polar surface area (TPSA) is 87.8 Å². The number of ether oxygens (including phenoxy) is 1. The van der Waals surface area contributed by atoms with E-state index in [1.54, 1.807) is 12.1 Å². The summed E-state index contributed by atoms with van der Waals surface area (Å²) in [5.74, 6) is 5.12. The van der Waals surface area contributed by atoms with Gasteiger partial charge >= 0.3 is 0 Å². The van der Waals surface area contributed by atoms with Crippen molar-refractivity contribution in [3.05, 3.63) is 23.8 Å². The van der Waals surface area contributed by atoms with E-state index in [1.165, 1.54) is 0 Å². The van der Waals surface area contributed by atoms with Gasteiger partial charge in [0.1, 0.15) is 11.9 Å². The van der Waals surface area contributed by atoms with Crippen molar-refractivity contribution in [1.29, 1.82) is 0 Å². The van der Waals surface area contributed by atoms with Gasteiger partial charge in [0.25, 0.3) is 5.91 Å². The molecule has 0 spiro atoms. The van der Waals surface area contributed by atoms with E-state index in [9.17, 15) is 9.90 Å². The molecule has 2 rings (SSSR count). The Balaban J connectivity index is 2.03. The van der Waals surface area contributed by atoms with E-state index >= 15 is 0 Å². The number of nitrogens with zero attached hydrogens (tertiary/aromatic N) is 1. The molecular formula is C15H23N3O3. The SMILES string of the molecule is CCN(CC1CCC(C(=O)NN)O1)c1cc(O)ccc1C. The first-order valence-corrected chi connectivity index (χ1v) is 7.25. The third-order valence-corrected chi connectivity index (χ3v) is 3.88. The van der Waals surface area contributed by atoms with E-state index in [-0.39, 0.29) is 17.8 Å². The van der Waals surface area contributed by atoms with Gasteiger partial charge in [-0.05, 0) is 38.3 Å². The van der Waals surface area contributed by atoms with Crippen LogP contribution in [0.3, 0.4) is 0 Å². The molecule has 1 aliphatic heterocycles. The minimum Gasteiger partial charge on any atom is -0.508 e. The number of phenolic OH excluding ortho intramolecular Hbond substituents is 1. The van der Waals surface area contributed by atoms with Gasteiger partial charge in [0.15, 0.2) is 0 Å². The lowest BCUT2D eigenvalue weighted by Gasteiger charge is -2.28. The molecule has 0 saturated carbocycles. The van der Waals surface area contributed by atoms with Crippen LogP contribution in [0.1, 0.15) is 25.3 Å². The number of carbonyl (C=O) groups is 1. The van der Waals surface area contributed by atoms with Gasteiger partial charge in [-0.2, -0.15) is 0 Å². The number of anilines is 1. The van der Waals surface area contributed by atoms with Crippen LogP contribution in [0.5, 0.6) is 5.75 Å². The van der Waals surface area contributed by atoms with Gasteiger partial charge in [0.05, 0.1) is 6.10 Å². The van der Waals surface area contributed by atoms with Crippen LogP contribution in [0.2, 0.25) is 0 Å². The third-order valence-electron chi connectivity index (χ3n) is 3.88. The Hall–Kier alpha value is -1.79. The standard InChI is InChI=1S/C15H23N3O3/c1-3-18(13-8-11(19)5-4-10(13)2)9-12-6-7-14(21-12)15(20)17-16/h4-5,8,12,14,19H,3,6-7,9,16H2,1-2H3,(H,17,20). The number of rotatable bonds is 5. The van der Waals surface area contributed by atoms with E-state index < -0.39 is 6.10 Å². The molecule has 1 aromatic carbocycles. The maximum absolute atomic E-state index is 11.5. The van der Waals surface area contributed by atoms with Gasteiger partial charge in [-0.1, -0.05) is 6.07 Å². The average Bonchev–Trinajstić information content (AvgIpc) is 2.95. The second-order valence-corrected chi connectivity index (χ2v) is 5.34. The van der Waals surface area contributed by atoms with Gasteiger partial charge in [-0.3, -0.25) is 10.2 Å². The minimum atomic E-state index is -0.455. The third kappa shape index (κ3) is 3.65. The van der Waals surface area contributed by atoms with Crippen molar-refractivity contribution < 1.29 is 14.6 Å². The number of likely N-dealkylation sites (N-methyl/N-ethyl adjacent to an activating group) is 1. The van der Waals surface area contributed by atoms with Crippen LogP contribution >= 0.6 is 0 Å². The Morgan fingerprint density at radius 3 is 2.95 bits per heavy atom. The second kappa shape index (κ2) is 6.78. The molecule has 1 aliphatic rings. The summed E-state index contributed by atoms with van der Waals surface area (Å²) in [6, 6.07) is 5.34. The summed E-state index contributed by atoms with van der Waals surface area (Å²) < 4.78 is 5.74. The normalized spacial score (nSPS) is 21.3. The molecular weight excluding hydrogens is 270 g/mol. The molecule has 0 aliphatic carbocycles. The van der Waals surface area contributed by atoms with Crippen molar-refractivity contribution in [2.75, 3.05) is 18.0 Å². The molecule has 1 saturated heterocycles. The lowest BCUT2D eigenvalue weighted by Crippen LogP contribution is -2.40. The van der Waals surface area contributed by atoms with Crippen LogP contribution in [0.4, 0.5) is 5.69 Å². The zero-order chi connectivity index (χ0) is 15.4. The summed E-state index contributed by atoms with van der Waals surface area (Å²) in [5, 5.41) is 9.66. The Labute approximate surface area is 124 Å². The second-order valence-electron chi connectivity index (χ2n) is 5.34. The lowest BCUT2D eigenvalue weighted by molar-refractivity contribution is -0.131. The Kier molecular flexibility index (Phi) is 5.03. The van der Waals surface area contributed by atoms with E-state index in [4.69, 9.17) is 10.6 Å². The van der Waals surface area contributed by atoms with E-state index in [1.807, 2.05) is 13.0 Å². The number of nitrogens with one attached hydrogen (secondary N) is 1. The van der Waals surface area contributed by atoms with Crippen molar-refractivity contribution >= 4 is 11.6 Å². The zero-order valence-electron chi connectivity index (χ0n) is 12.5. The first-order valence-electron chi connectivity index (χ1n) is 7.25. The van der Waals surface area contributed by atoms with Crippen LogP contribution in [0.25, 0.3) is 0 Å². The van der Waals surface area contributed by atoms with Gasteiger partial charge in [0.2, 0.25) is 0 Å². The highest BCUT2D eigenvalue weighted by molar-refractivity contribution is 5.80. The molecule has 1 heterocycles. The smallest absolute Gasteiger partial charge is 0.263 e. The fourth-order valence-electron chi connectivity index (χ4n) is 2.71. The largest absolute Gasteiger partial charge is 0.508 e. The summed E-state index contributed by atoms with van der Waals surface area (Å²) >= 11 is 0. The van der Waals surface area contributed by atoms with Crippen molar-refractivity contribution in [2.45, 2.75) is 38.9 Å². The fourth-order valence-corrected chi connectivity index (χ4v) is 2.71. The van der Waals surface area contributed by atoms with Crippen LogP contribution in [-0.4, -0.2) is 36.3 Å². The molecule has 1 amide bonds. The summed E-state index contributed by atoms with van der Waals surface area (Å²) in [7, 11) is 0. The van der Waals surface area contributed by atoms with Crippen molar-refractivity contribution in [3.8, 4) is 5.75 Å². The van der Waals surface area contributed by atoms with Crippen LogP contribution in [0.15, 0.2) is 18.2 Å². The Bertz CT molecular complexity index is 507. The quantitative estimate of drug-likeness (QED) is 0.429. The predicted molar refractivity (Wildman–Crippen MR) is 81.0 cm³/mol. The van der Waals surface area contributed by atoms with E-state index in [2.05, 4.69) is 17.2 Å². The maximum Gasteiger partial charge on any atom is 0.263 e. The summed E-state index contributed by atoms with van der Waals surface area (Å²) in [5.41, 5.74) is 4.23. The Morgan fingerprint density at radius 1 is 1.52 bits per heavy atom. The van der Waals surface area contributed by atoms with Crippen LogP contribution < -0.4 is 16.2 Å². The maximum atomic E-state index is 11.5. The van der Waals surface area contributed by atoms with E-state index in [0.29, 0.717) is 13.0 Å². The van der Waals surface area contributed by atoms with Gasteiger partial charge in [0, 0.05) is 24.8 Å². The molecule has 2 atom stereocenters. The number of amides is 1. The van der Waals surface area contributed by atoms with Crippen molar-refractivity contribution in [2.24, 2.45) is 5.84 Å². The van der Waals surface area contributed by atoms with Gasteiger partial charge < -0.3 is 14.7 Å². The molecule has 21 heavy (non-hydrogen) atoms. The molecule has 1 fully saturated rings. The number of hydrogen-bond acceptors (Lipinski definition) is 5. The molecule has 4 N–H and O–H groups in total. The molecule has 2 unspecified atom stereocenters. The molecule has 0 radical (unpaired) electrons. The van der Waals surface area contributed by atoms with Gasteiger partial charge in [-0.25, -0.2) is 5.84 Å². The van der Waals surface area contributed by atoms with Crippen molar-refractivity contribution in [3.63, 3.8) is 0 Å². The fraction of sp³-hybridized carbons (Fsp3) is 0.533. The first kappa shape index (κ1) is 15.6. The lowest BCUT2D eigenvalue weighted by atomic mass is 10.1. The first-order chi connectivity index (χ1) is 10.0. The number of aromatic hydroxyl groups is 1. The predicted octanol–water partition coefficient (Wildman–Crippen LogP) is 1.06. The summed E-state index contributed by atoms with van der Waals surface area (Å²) in [6.07, 6.45) is 1.05. The van der Waals surface area contributed by atoms with Crippen LogP contribution in [0, 0.1) is 6.92 Å². The zero-order valence-corrected chi connectivity index (χ0v) is 12.5. The highest BCUT2D eigenvalue weighted by Crippen LogP contribution is 2.27. The average molecular weight is 293 g/mol. The molecule has 6 nitrogen and oxygen atoms in total. The van der Waals surface area contributed by atoms with Gasteiger partial charge in [-0.15, -0.1) is 0 Å².